The molecule has 0 saturated carbocycles. The molecule has 0 bridgehead atoms. The first-order valence-electron chi connectivity index (χ1n) is 9.93. The normalized spacial score (nSPS) is 11.0. The summed E-state index contributed by atoms with van der Waals surface area (Å²) < 4.78 is 11.5. The predicted molar refractivity (Wildman–Crippen MR) is 125 cm³/mol. The Hall–Kier alpha value is -3.70. The van der Waals surface area contributed by atoms with Crippen molar-refractivity contribution in [2.45, 2.75) is 13.5 Å². The molecule has 0 aliphatic carbocycles. The minimum Gasteiger partial charge on any atom is -0.489 e. The lowest BCUT2D eigenvalue weighted by Gasteiger charge is -2.08. The van der Waals surface area contributed by atoms with Crippen LogP contribution in [-0.2, 0) is 6.61 Å². The molecule has 5 aromatic rings. The van der Waals surface area contributed by atoms with Crippen LogP contribution in [0.3, 0.4) is 0 Å². The average molecular weight is 426 g/mol. The average Bonchev–Trinajstić information content (AvgIpc) is 3.29. The fourth-order valence-electron chi connectivity index (χ4n) is 3.32. The van der Waals surface area contributed by atoms with Crippen LogP contribution in [0.25, 0.3) is 32.8 Å². The summed E-state index contributed by atoms with van der Waals surface area (Å²) in [5.74, 6) is 0.657. The summed E-state index contributed by atoms with van der Waals surface area (Å²) >= 11 is 1.43. The van der Waals surface area contributed by atoms with Gasteiger partial charge in [0.1, 0.15) is 22.9 Å². The van der Waals surface area contributed by atoms with E-state index in [2.05, 4.69) is 24.0 Å². The number of ether oxygens (including phenoxy) is 1. The number of nitrogens with zero attached hydrogens (tertiary/aromatic N) is 1. The number of fused-ring (bicyclic) bond motifs is 1. The summed E-state index contributed by atoms with van der Waals surface area (Å²) in [7, 11) is 0. The summed E-state index contributed by atoms with van der Waals surface area (Å²) in [6.07, 6.45) is 0. The molecular formula is C26H19NO3S. The summed E-state index contributed by atoms with van der Waals surface area (Å²) in [5.41, 5.74) is 4.72. The summed E-state index contributed by atoms with van der Waals surface area (Å²) in [4.78, 5) is 17.3. The molecule has 0 amide bonds. The third kappa shape index (κ3) is 4.13. The van der Waals surface area contributed by atoms with Gasteiger partial charge >= 0.3 is 5.63 Å². The zero-order valence-electron chi connectivity index (χ0n) is 16.9. The van der Waals surface area contributed by atoms with Crippen LogP contribution < -0.4 is 10.4 Å². The van der Waals surface area contributed by atoms with Crippen LogP contribution in [0.4, 0.5) is 0 Å². The van der Waals surface area contributed by atoms with Crippen molar-refractivity contribution in [3.05, 3.63) is 106 Å². The zero-order chi connectivity index (χ0) is 21.2. The van der Waals surface area contributed by atoms with Gasteiger partial charge in [-0.2, -0.15) is 0 Å². The van der Waals surface area contributed by atoms with Crippen molar-refractivity contribution < 1.29 is 9.15 Å². The van der Waals surface area contributed by atoms with E-state index in [0.717, 1.165) is 22.2 Å². The highest BCUT2D eigenvalue weighted by molar-refractivity contribution is 7.13. The summed E-state index contributed by atoms with van der Waals surface area (Å²) in [6.45, 7) is 2.51. The van der Waals surface area contributed by atoms with E-state index in [0.29, 0.717) is 28.5 Å². The van der Waals surface area contributed by atoms with Crippen molar-refractivity contribution >= 4 is 22.3 Å². The third-order valence-electron chi connectivity index (χ3n) is 5.04. The fourth-order valence-corrected chi connectivity index (χ4v) is 4.15. The first kappa shape index (κ1) is 19.3. The minimum atomic E-state index is -0.405. The van der Waals surface area contributed by atoms with Gasteiger partial charge in [0.15, 0.2) is 0 Å². The Kier molecular flexibility index (Phi) is 5.10. The molecule has 0 aliphatic rings. The SMILES string of the molecule is Cc1ccc(COc2ccc3cc(-c4nc(-c5ccccc5)cs4)c(=O)oc3c2)cc1. The molecule has 152 valence electrons. The molecule has 0 N–H and O–H groups in total. The number of aromatic nitrogens is 1. The Morgan fingerprint density at radius 3 is 2.58 bits per heavy atom. The Bertz CT molecular complexity index is 1400. The Morgan fingerprint density at radius 2 is 1.77 bits per heavy atom. The highest BCUT2D eigenvalue weighted by Crippen LogP contribution is 2.29. The van der Waals surface area contributed by atoms with Crippen molar-refractivity contribution in [2.75, 3.05) is 0 Å². The second-order valence-electron chi connectivity index (χ2n) is 7.33. The molecule has 2 heterocycles. The molecule has 0 unspecified atom stereocenters. The van der Waals surface area contributed by atoms with E-state index in [9.17, 15) is 4.79 Å². The number of thiazole rings is 1. The van der Waals surface area contributed by atoms with E-state index in [4.69, 9.17) is 9.15 Å². The van der Waals surface area contributed by atoms with Gasteiger partial charge in [0.25, 0.3) is 0 Å². The third-order valence-corrected chi connectivity index (χ3v) is 5.91. The highest BCUT2D eigenvalue weighted by Gasteiger charge is 2.13. The predicted octanol–water partition coefficient (Wildman–Crippen LogP) is 6.47. The first-order valence-corrected chi connectivity index (χ1v) is 10.8. The lowest BCUT2D eigenvalue weighted by molar-refractivity contribution is 0.306. The molecule has 0 spiro atoms. The second kappa shape index (κ2) is 8.20. The number of benzene rings is 3. The van der Waals surface area contributed by atoms with E-state index in [1.54, 1.807) is 6.07 Å². The smallest absolute Gasteiger partial charge is 0.346 e. The minimum absolute atomic E-state index is 0.405. The van der Waals surface area contributed by atoms with E-state index < -0.39 is 5.63 Å². The molecule has 5 heteroatoms. The van der Waals surface area contributed by atoms with Crippen LogP contribution >= 0.6 is 11.3 Å². The molecule has 4 nitrogen and oxygen atoms in total. The van der Waals surface area contributed by atoms with Crippen molar-refractivity contribution in [1.82, 2.24) is 4.98 Å². The molecular weight excluding hydrogens is 406 g/mol. The molecule has 2 aromatic heterocycles. The van der Waals surface area contributed by atoms with Crippen LogP contribution in [0.15, 0.2) is 93.5 Å². The maximum absolute atomic E-state index is 12.7. The van der Waals surface area contributed by atoms with Gasteiger partial charge in [-0.3, -0.25) is 0 Å². The number of hydrogen-bond acceptors (Lipinski definition) is 5. The van der Waals surface area contributed by atoms with Gasteiger partial charge in [-0.15, -0.1) is 11.3 Å². The van der Waals surface area contributed by atoms with Crippen LogP contribution in [0.2, 0.25) is 0 Å². The summed E-state index contributed by atoms with van der Waals surface area (Å²) in [6, 6.07) is 25.5. The first-order chi connectivity index (χ1) is 15.2. The molecule has 5 rings (SSSR count). The highest BCUT2D eigenvalue weighted by atomic mass is 32.1. The van der Waals surface area contributed by atoms with Gasteiger partial charge in [0.2, 0.25) is 0 Å². The van der Waals surface area contributed by atoms with Gasteiger partial charge in [-0.05, 0) is 30.7 Å². The maximum Gasteiger partial charge on any atom is 0.346 e. The number of aryl methyl sites for hydroxylation is 1. The summed E-state index contributed by atoms with van der Waals surface area (Å²) in [5, 5.41) is 3.43. The van der Waals surface area contributed by atoms with Crippen molar-refractivity contribution in [1.29, 1.82) is 0 Å². The van der Waals surface area contributed by atoms with Gasteiger partial charge in [-0.1, -0.05) is 60.2 Å². The Morgan fingerprint density at radius 1 is 0.968 bits per heavy atom. The van der Waals surface area contributed by atoms with Crippen molar-refractivity contribution in [3.8, 4) is 27.6 Å². The lowest BCUT2D eigenvalue weighted by atomic mass is 10.1. The van der Waals surface area contributed by atoms with Crippen molar-refractivity contribution in [2.24, 2.45) is 0 Å². The fraction of sp³-hybridized carbons (Fsp3) is 0.0769. The van der Waals surface area contributed by atoms with Gasteiger partial charge in [-0.25, -0.2) is 9.78 Å². The molecule has 0 atom stereocenters. The maximum atomic E-state index is 12.7. The van der Waals surface area contributed by atoms with E-state index in [-0.39, 0.29) is 0 Å². The Balaban J connectivity index is 1.41. The van der Waals surface area contributed by atoms with Crippen molar-refractivity contribution in [3.63, 3.8) is 0 Å². The van der Waals surface area contributed by atoms with Gasteiger partial charge < -0.3 is 9.15 Å². The van der Waals surface area contributed by atoms with E-state index in [1.807, 2.05) is 66.0 Å². The molecule has 0 aliphatic heterocycles. The molecule has 0 saturated heterocycles. The molecule has 3 aromatic carbocycles. The van der Waals surface area contributed by atoms with E-state index >= 15 is 0 Å². The largest absolute Gasteiger partial charge is 0.489 e. The van der Waals surface area contributed by atoms with Crippen LogP contribution in [-0.4, -0.2) is 4.98 Å². The standard InChI is InChI=1S/C26H19NO3S/c1-17-7-9-18(10-8-17)15-29-21-12-11-20-13-22(26(28)30-24(20)14-21)25-27-23(16-31-25)19-5-3-2-4-6-19/h2-14,16H,15H2,1H3. The number of rotatable bonds is 5. The van der Waals surface area contributed by atoms with Crippen LogP contribution in [0.1, 0.15) is 11.1 Å². The second-order valence-corrected chi connectivity index (χ2v) is 8.18. The molecule has 31 heavy (non-hydrogen) atoms. The quantitative estimate of drug-likeness (QED) is 0.303. The monoisotopic (exact) mass is 425 g/mol. The zero-order valence-corrected chi connectivity index (χ0v) is 17.7. The van der Waals surface area contributed by atoms with E-state index in [1.165, 1.54) is 16.9 Å². The lowest BCUT2D eigenvalue weighted by Crippen LogP contribution is -2.02. The van der Waals surface area contributed by atoms with Crippen LogP contribution in [0.5, 0.6) is 5.75 Å². The topological polar surface area (TPSA) is 52.3 Å². The van der Waals surface area contributed by atoms with Gasteiger partial charge in [0, 0.05) is 22.4 Å². The molecule has 0 fully saturated rings. The van der Waals surface area contributed by atoms with Crippen LogP contribution in [0, 0.1) is 6.92 Å². The Labute approximate surface area is 183 Å². The molecule has 0 radical (unpaired) electrons. The number of hydrogen-bond donors (Lipinski definition) is 0. The van der Waals surface area contributed by atoms with Gasteiger partial charge in [0.05, 0.1) is 11.3 Å².